The largest absolute Gasteiger partial charge is 0.383 e. The molecule has 0 radical (unpaired) electrons. The maximum atomic E-state index is 13.1. The number of carbonyl (C=O) groups excluding carboxylic acids is 1. The van der Waals surface area contributed by atoms with Gasteiger partial charge in [-0.2, -0.15) is 4.31 Å². The number of ether oxygens (including phenoxy) is 1. The fraction of sp³-hybridized carbons (Fsp3) is 0.588. The van der Waals surface area contributed by atoms with Crippen LogP contribution in [-0.4, -0.2) is 69.0 Å². The standard InChI is InChI=1S/C17H25N3O4S/c1-12-10-19(11-13(2)20(12)6-7-24-3)25(22,23)15-4-5-16-14(8-15)9-17(21)18-16/h4-5,8,12-13H,6-7,9-11H2,1-3H3,(H,18,21). The summed E-state index contributed by atoms with van der Waals surface area (Å²) in [5, 5.41) is 2.73. The summed E-state index contributed by atoms with van der Waals surface area (Å²) in [5.74, 6) is -0.0986. The van der Waals surface area contributed by atoms with Gasteiger partial charge in [-0.3, -0.25) is 9.69 Å². The zero-order valence-corrected chi connectivity index (χ0v) is 15.7. The van der Waals surface area contributed by atoms with E-state index in [9.17, 15) is 13.2 Å². The van der Waals surface area contributed by atoms with Gasteiger partial charge >= 0.3 is 0 Å². The first-order valence-electron chi connectivity index (χ1n) is 8.50. The molecule has 2 atom stereocenters. The number of amides is 1. The fourth-order valence-electron chi connectivity index (χ4n) is 3.66. The Morgan fingerprint density at radius 1 is 1.24 bits per heavy atom. The SMILES string of the molecule is COCCN1C(C)CN(S(=O)(=O)c2ccc3c(c2)CC(=O)N3)CC1C. The second-order valence-corrected chi connectivity index (χ2v) is 8.73. The molecule has 2 heterocycles. The minimum atomic E-state index is -3.57. The molecule has 25 heavy (non-hydrogen) atoms. The average molecular weight is 367 g/mol. The summed E-state index contributed by atoms with van der Waals surface area (Å²) in [6, 6.07) is 5.11. The normalized spacial score (nSPS) is 25.0. The van der Waals surface area contributed by atoms with Crippen LogP contribution in [0.4, 0.5) is 5.69 Å². The Morgan fingerprint density at radius 3 is 2.56 bits per heavy atom. The first-order chi connectivity index (χ1) is 11.8. The highest BCUT2D eigenvalue weighted by molar-refractivity contribution is 7.89. The van der Waals surface area contributed by atoms with Gasteiger partial charge in [0, 0.05) is 44.5 Å². The van der Waals surface area contributed by atoms with Crippen molar-refractivity contribution in [3.05, 3.63) is 23.8 Å². The lowest BCUT2D eigenvalue weighted by Gasteiger charge is -2.43. The minimum absolute atomic E-state index is 0.0986. The number of anilines is 1. The van der Waals surface area contributed by atoms with Crippen molar-refractivity contribution in [3.63, 3.8) is 0 Å². The van der Waals surface area contributed by atoms with Gasteiger partial charge in [0.15, 0.2) is 0 Å². The molecule has 138 valence electrons. The van der Waals surface area contributed by atoms with Gasteiger partial charge in [-0.25, -0.2) is 8.42 Å². The molecule has 8 heteroatoms. The van der Waals surface area contributed by atoms with Gasteiger partial charge in [0.1, 0.15) is 0 Å². The molecular weight excluding hydrogens is 342 g/mol. The summed E-state index contributed by atoms with van der Waals surface area (Å²) in [6.45, 7) is 6.40. The number of nitrogens with one attached hydrogen (secondary N) is 1. The van der Waals surface area contributed by atoms with E-state index in [4.69, 9.17) is 4.74 Å². The van der Waals surface area contributed by atoms with Crippen LogP contribution in [0.5, 0.6) is 0 Å². The first-order valence-corrected chi connectivity index (χ1v) is 9.94. The van der Waals surface area contributed by atoms with Crippen LogP contribution in [0.3, 0.4) is 0 Å². The third-order valence-electron chi connectivity index (χ3n) is 4.96. The van der Waals surface area contributed by atoms with E-state index in [0.717, 1.165) is 12.1 Å². The number of benzene rings is 1. The molecule has 1 fully saturated rings. The lowest BCUT2D eigenvalue weighted by atomic mass is 10.1. The van der Waals surface area contributed by atoms with Gasteiger partial charge in [0.05, 0.1) is 17.9 Å². The van der Waals surface area contributed by atoms with Crippen LogP contribution in [-0.2, 0) is 26.0 Å². The van der Waals surface area contributed by atoms with Gasteiger partial charge in [0.2, 0.25) is 15.9 Å². The molecule has 2 aliphatic rings. The monoisotopic (exact) mass is 367 g/mol. The van der Waals surface area contributed by atoms with Crippen molar-refractivity contribution in [2.45, 2.75) is 37.2 Å². The molecule has 0 bridgehead atoms. The number of fused-ring (bicyclic) bond motifs is 1. The molecule has 3 rings (SSSR count). The maximum absolute atomic E-state index is 13.1. The molecule has 0 aromatic heterocycles. The second kappa shape index (κ2) is 7.03. The molecule has 1 aromatic carbocycles. The Bertz CT molecular complexity index is 753. The van der Waals surface area contributed by atoms with Crippen molar-refractivity contribution in [2.75, 3.05) is 38.7 Å². The average Bonchev–Trinajstić information content (AvgIpc) is 2.93. The quantitative estimate of drug-likeness (QED) is 0.837. The van der Waals surface area contributed by atoms with Crippen molar-refractivity contribution in [1.29, 1.82) is 0 Å². The molecule has 1 N–H and O–H groups in total. The number of piperazine rings is 1. The maximum Gasteiger partial charge on any atom is 0.243 e. The van der Waals surface area contributed by atoms with E-state index in [1.165, 1.54) is 0 Å². The number of nitrogens with zero attached hydrogens (tertiary/aromatic N) is 2. The topological polar surface area (TPSA) is 79.0 Å². The third-order valence-corrected chi connectivity index (χ3v) is 6.79. The highest BCUT2D eigenvalue weighted by Crippen LogP contribution is 2.29. The second-order valence-electron chi connectivity index (χ2n) is 6.79. The van der Waals surface area contributed by atoms with E-state index < -0.39 is 10.0 Å². The Labute approximate surface area is 149 Å². The predicted molar refractivity (Wildman–Crippen MR) is 95.0 cm³/mol. The van der Waals surface area contributed by atoms with Crippen LogP contribution < -0.4 is 5.32 Å². The van der Waals surface area contributed by atoms with Crippen molar-refractivity contribution in [1.82, 2.24) is 9.21 Å². The third kappa shape index (κ3) is 3.57. The first kappa shape index (κ1) is 18.3. The molecular formula is C17H25N3O4S. The van der Waals surface area contributed by atoms with Crippen molar-refractivity contribution in [3.8, 4) is 0 Å². The van der Waals surface area contributed by atoms with Crippen molar-refractivity contribution in [2.24, 2.45) is 0 Å². The summed E-state index contributed by atoms with van der Waals surface area (Å²) < 4.78 is 32.8. The molecule has 1 amide bonds. The summed E-state index contributed by atoms with van der Waals surface area (Å²) in [6.07, 6.45) is 0.232. The van der Waals surface area contributed by atoms with E-state index in [2.05, 4.69) is 10.2 Å². The van der Waals surface area contributed by atoms with Crippen LogP contribution in [0.15, 0.2) is 23.1 Å². The van der Waals surface area contributed by atoms with E-state index >= 15 is 0 Å². The Balaban J connectivity index is 1.80. The van der Waals surface area contributed by atoms with Crippen molar-refractivity contribution < 1.29 is 17.9 Å². The Morgan fingerprint density at radius 2 is 1.92 bits per heavy atom. The summed E-state index contributed by atoms with van der Waals surface area (Å²) in [4.78, 5) is 14.0. The Hall–Kier alpha value is -1.48. The van der Waals surface area contributed by atoms with E-state index in [1.54, 1.807) is 29.6 Å². The number of methoxy groups -OCH3 is 1. The van der Waals surface area contributed by atoms with Gasteiger partial charge in [0.25, 0.3) is 0 Å². The molecule has 0 saturated carbocycles. The predicted octanol–water partition coefficient (Wildman–Crippen LogP) is 0.911. The highest BCUT2D eigenvalue weighted by Gasteiger charge is 2.36. The molecule has 2 aliphatic heterocycles. The van der Waals surface area contributed by atoms with E-state index in [1.807, 2.05) is 13.8 Å². The zero-order valence-electron chi connectivity index (χ0n) is 14.9. The summed E-state index contributed by atoms with van der Waals surface area (Å²) >= 11 is 0. The number of hydrogen-bond acceptors (Lipinski definition) is 5. The van der Waals surface area contributed by atoms with Gasteiger partial charge in [-0.15, -0.1) is 0 Å². The molecule has 2 unspecified atom stereocenters. The van der Waals surface area contributed by atoms with Crippen LogP contribution in [0.25, 0.3) is 0 Å². The molecule has 0 spiro atoms. The van der Waals surface area contributed by atoms with E-state index in [0.29, 0.717) is 25.4 Å². The minimum Gasteiger partial charge on any atom is -0.383 e. The molecule has 0 aliphatic carbocycles. The van der Waals surface area contributed by atoms with Gasteiger partial charge in [-0.05, 0) is 37.6 Å². The summed E-state index contributed by atoms with van der Waals surface area (Å²) in [7, 11) is -1.90. The lowest BCUT2D eigenvalue weighted by molar-refractivity contribution is -0.115. The number of hydrogen-bond donors (Lipinski definition) is 1. The van der Waals surface area contributed by atoms with E-state index in [-0.39, 0.29) is 29.3 Å². The Kier molecular flexibility index (Phi) is 5.15. The van der Waals surface area contributed by atoms with Crippen LogP contribution in [0, 0.1) is 0 Å². The lowest BCUT2D eigenvalue weighted by Crippen LogP contribution is -2.58. The van der Waals surface area contributed by atoms with Crippen molar-refractivity contribution >= 4 is 21.6 Å². The van der Waals surface area contributed by atoms with Crippen LogP contribution in [0.1, 0.15) is 19.4 Å². The van der Waals surface area contributed by atoms with Gasteiger partial charge in [-0.1, -0.05) is 0 Å². The molecule has 1 aromatic rings. The van der Waals surface area contributed by atoms with Crippen LogP contribution >= 0.6 is 0 Å². The number of sulfonamides is 1. The van der Waals surface area contributed by atoms with Gasteiger partial charge < -0.3 is 10.1 Å². The zero-order chi connectivity index (χ0) is 18.2. The highest BCUT2D eigenvalue weighted by atomic mass is 32.2. The summed E-state index contributed by atoms with van der Waals surface area (Å²) in [5.41, 5.74) is 1.45. The fourth-order valence-corrected chi connectivity index (χ4v) is 5.31. The number of rotatable bonds is 5. The number of carbonyl (C=O) groups is 1. The van der Waals surface area contributed by atoms with Crippen LogP contribution in [0.2, 0.25) is 0 Å². The molecule has 1 saturated heterocycles. The molecule has 7 nitrogen and oxygen atoms in total. The smallest absolute Gasteiger partial charge is 0.243 e.